The van der Waals surface area contributed by atoms with E-state index in [0.29, 0.717) is 19.6 Å². The van der Waals surface area contributed by atoms with Crippen LogP contribution in [-0.2, 0) is 19.1 Å². The summed E-state index contributed by atoms with van der Waals surface area (Å²) in [4.78, 5) is 23.7. The molecule has 0 atom stereocenters. The maximum atomic E-state index is 12.9. The van der Waals surface area contributed by atoms with Crippen LogP contribution in [0.5, 0.6) is 0 Å². The standard InChI is InChI=1S/C12H17F2NO4/c1-18-10(16)2-3-11(17)19-9-8-15-6-4-12(13,14)5-7-15/h2-3H,4-9H2,1H3/b3-2+. The molecular formula is C12H17F2NO4. The molecule has 0 aromatic heterocycles. The predicted octanol–water partition coefficient (Wildman–Crippen LogP) is 0.990. The van der Waals surface area contributed by atoms with Crippen molar-refractivity contribution < 1.29 is 27.8 Å². The van der Waals surface area contributed by atoms with E-state index in [1.807, 2.05) is 4.90 Å². The molecule has 0 aliphatic carbocycles. The Kier molecular flexibility index (Phi) is 5.88. The lowest BCUT2D eigenvalue weighted by Crippen LogP contribution is -2.40. The molecule has 0 saturated carbocycles. The zero-order valence-electron chi connectivity index (χ0n) is 10.7. The molecule has 19 heavy (non-hydrogen) atoms. The van der Waals surface area contributed by atoms with E-state index in [9.17, 15) is 18.4 Å². The lowest BCUT2D eigenvalue weighted by Gasteiger charge is -2.31. The maximum absolute atomic E-state index is 12.9. The van der Waals surface area contributed by atoms with Crippen LogP contribution < -0.4 is 0 Å². The van der Waals surface area contributed by atoms with Crippen molar-refractivity contribution in [2.45, 2.75) is 18.8 Å². The van der Waals surface area contributed by atoms with Crippen molar-refractivity contribution in [1.82, 2.24) is 4.90 Å². The molecule has 1 fully saturated rings. The number of hydrogen-bond donors (Lipinski definition) is 0. The van der Waals surface area contributed by atoms with Crippen molar-refractivity contribution in [1.29, 1.82) is 0 Å². The van der Waals surface area contributed by atoms with E-state index in [2.05, 4.69) is 4.74 Å². The fourth-order valence-corrected chi connectivity index (χ4v) is 1.63. The SMILES string of the molecule is COC(=O)/C=C/C(=O)OCCN1CCC(F)(F)CC1. The van der Waals surface area contributed by atoms with Crippen LogP contribution in [0.1, 0.15) is 12.8 Å². The summed E-state index contributed by atoms with van der Waals surface area (Å²) in [7, 11) is 1.20. The van der Waals surface area contributed by atoms with Crippen LogP contribution in [-0.4, -0.2) is 56.1 Å². The Labute approximate surface area is 110 Å². The summed E-state index contributed by atoms with van der Waals surface area (Å²) in [5.74, 6) is -3.88. The number of nitrogens with zero attached hydrogens (tertiary/aromatic N) is 1. The van der Waals surface area contributed by atoms with Gasteiger partial charge in [-0.15, -0.1) is 0 Å². The molecule has 1 aliphatic heterocycles. The molecule has 0 unspecified atom stereocenters. The Balaban J connectivity index is 2.16. The number of piperidine rings is 1. The van der Waals surface area contributed by atoms with E-state index in [1.165, 1.54) is 7.11 Å². The fraction of sp³-hybridized carbons (Fsp3) is 0.667. The molecular weight excluding hydrogens is 260 g/mol. The number of carbonyl (C=O) groups excluding carboxylic acids is 2. The molecule has 1 saturated heterocycles. The van der Waals surface area contributed by atoms with Crippen LogP contribution in [0.3, 0.4) is 0 Å². The van der Waals surface area contributed by atoms with Gasteiger partial charge in [0.1, 0.15) is 6.61 Å². The molecule has 0 spiro atoms. The van der Waals surface area contributed by atoms with Crippen LogP contribution in [0.4, 0.5) is 8.78 Å². The Morgan fingerprint density at radius 3 is 2.37 bits per heavy atom. The first-order chi connectivity index (χ1) is 8.93. The minimum Gasteiger partial charge on any atom is -0.466 e. The third kappa shape index (κ3) is 6.28. The molecule has 0 aromatic carbocycles. The molecule has 0 N–H and O–H groups in total. The second-order valence-corrected chi connectivity index (χ2v) is 4.22. The van der Waals surface area contributed by atoms with Gasteiger partial charge in [0, 0.05) is 44.6 Å². The largest absolute Gasteiger partial charge is 0.466 e. The Hall–Kier alpha value is -1.50. The molecule has 0 bridgehead atoms. The topological polar surface area (TPSA) is 55.8 Å². The number of hydrogen-bond acceptors (Lipinski definition) is 5. The zero-order valence-corrected chi connectivity index (χ0v) is 10.7. The molecule has 0 radical (unpaired) electrons. The summed E-state index contributed by atoms with van der Waals surface area (Å²) >= 11 is 0. The lowest BCUT2D eigenvalue weighted by atomic mass is 10.1. The second-order valence-electron chi connectivity index (χ2n) is 4.22. The molecule has 0 aromatic rings. The van der Waals surface area contributed by atoms with Crippen LogP contribution in [0.25, 0.3) is 0 Å². The fourth-order valence-electron chi connectivity index (χ4n) is 1.63. The van der Waals surface area contributed by atoms with Gasteiger partial charge >= 0.3 is 11.9 Å². The van der Waals surface area contributed by atoms with Gasteiger partial charge in [0.05, 0.1) is 7.11 Å². The van der Waals surface area contributed by atoms with Gasteiger partial charge in [-0.05, 0) is 0 Å². The molecule has 1 aliphatic rings. The van der Waals surface area contributed by atoms with E-state index >= 15 is 0 Å². The van der Waals surface area contributed by atoms with Gasteiger partial charge in [0.15, 0.2) is 0 Å². The van der Waals surface area contributed by atoms with Crippen molar-refractivity contribution in [3.8, 4) is 0 Å². The molecule has 1 heterocycles. The number of ether oxygens (including phenoxy) is 2. The number of esters is 2. The highest BCUT2D eigenvalue weighted by molar-refractivity contribution is 5.91. The quantitative estimate of drug-likeness (QED) is 0.554. The number of halogens is 2. The first-order valence-corrected chi connectivity index (χ1v) is 5.96. The number of likely N-dealkylation sites (tertiary alicyclic amines) is 1. The Bertz CT molecular complexity index is 348. The summed E-state index contributed by atoms with van der Waals surface area (Å²) < 4.78 is 34.9. The summed E-state index contributed by atoms with van der Waals surface area (Å²) in [6.07, 6.45) is 1.60. The molecule has 5 nitrogen and oxygen atoms in total. The van der Waals surface area contributed by atoms with Crippen LogP contribution in [0, 0.1) is 0 Å². The summed E-state index contributed by atoms with van der Waals surface area (Å²) in [6, 6.07) is 0. The van der Waals surface area contributed by atoms with Crippen molar-refractivity contribution in [3.05, 3.63) is 12.2 Å². The normalized spacial score (nSPS) is 19.3. The highest BCUT2D eigenvalue weighted by Gasteiger charge is 2.33. The van der Waals surface area contributed by atoms with Gasteiger partial charge in [-0.3, -0.25) is 4.90 Å². The summed E-state index contributed by atoms with van der Waals surface area (Å²) in [5, 5.41) is 0. The van der Waals surface area contributed by atoms with Gasteiger partial charge in [0.25, 0.3) is 5.92 Å². The van der Waals surface area contributed by atoms with Gasteiger partial charge < -0.3 is 9.47 Å². The van der Waals surface area contributed by atoms with Crippen LogP contribution in [0.2, 0.25) is 0 Å². The smallest absolute Gasteiger partial charge is 0.331 e. The van der Waals surface area contributed by atoms with Gasteiger partial charge in [-0.2, -0.15) is 0 Å². The monoisotopic (exact) mass is 277 g/mol. The molecule has 1 rings (SSSR count). The number of rotatable bonds is 5. The van der Waals surface area contributed by atoms with Crippen molar-refractivity contribution in [2.75, 3.05) is 33.4 Å². The molecule has 108 valence electrons. The van der Waals surface area contributed by atoms with E-state index in [4.69, 9.17) is 4.74 Å². The third-order valence-electron chi connectivity index (χ3n) is 2.80. The summed E-state index contributed by atoms with van der Waals surface area (Å²) in [6.45, 7) is 1.11. The average Bonchev–Trinajstić information content (AvgIpc) is 2.38. The van der Waals surface area contributed by atoms with Crippen LogP contribution in [0.15, 0.2) is 12.2 Å². The van der Waals surface area contributed by atoms with Gasteiger partial charge in [-0.25, -0.2) is 18.4 Å². The number of alkyl halides is 2. The number of methoxy groups -OCH3 is 1. The average molecular weight is 277 g/mol. The third-order valence-corrected chi connectivity index (χ3v) is 2.80. The molecule has 7 heteroatoms. The lowest BCUT2D eigenvalue weighted by molar-refractivity contribution is -0.140. The summed E-state index contributed by atoms with van der Waals surface area (Å²) in [5.41, 5.74) is 0. The highest BCUT2D eigenvalue weighted by Crippen LogP contribution is 2.27. The van der Waals surface area contributed by atoms with E-state index in [1.54, 1.807) is 0 Å². The minimum absolute atomic E-state index is 0.107. The minimum atomic E-state index is -2.57. The Morgan fingerprint density at radius 2 is 1.79 bits per heavy atom. The van der Waals surface area contributed by atoms with Crippen molar-refractivity contribution in [3.63, 3.8) is 0 Å². The van der Waals surface area contributed by atoms with Gasteiger partial charge in [0.2, 0.25) is 0 Å². The first-order valence-electron chi connectivity index (χ1n) is 5.96. The highest BCUT2D eigenvalue weighted by atomic mass is 19.3. The van der Waals surface area contributed by atoms with E-state index < -0.39 is 17.9 Å². The maximum Gasteiger partial charge on any atom is 0.331 e. The number of carbonyl (C=O) groups is 2. The zero-order chi connectivity index (χ0) is 14.3. The second kappa shape index (κ2) is 7.18. The van der Waals surface area contributed by atoms with Crippen molar-refractivity contribution in [2.24, 2.45) is 0 Å². The van der Waals surface area contributed by atoms with E-state index in [0.717, 1.165) is 12.2 Å². The predicted molar refractivity (Wildman–Crippen MR) is 62.7 cm³/mol. The van der Waals surface area contributed by atoms with Crippen molar-refractivity contribution >= 4 is 11.9 Å². The van der Waals surface area contributed by atoms with E-state index in [-0.39, 0.29) is 19.4 Å². The Morgan fingerprint density at radius 1 is 1.21 bits per heavy atom. The first kappa shape index (κ1) is 15.6. The van der Waals surface area contributed by atoms with Gasteiger partial charge in [-0.1, -0.05) is 0 Å². The molecule has 0 amide bonds. The van der Waals surface area contributed by atoms with Crippen LogP contribution >= 0.6 is 0 Å².